The molecule has 1 N–H and O–H groups in total. The largest absolute Gasteiger partial charge is 0.325 e. The lowest BCUT2D eigenvalue weighted by Crippen LogP contribution is -2.30. The van der Waals surface area contributed by atoms with E-state index in [9.17, 15) is 9.59 Å². The monoisotopic (exact) mass is 349 g/mol. The van der Waals surface area contributed by atoms with Crippen LogP contribution in [0.1, 0.15) is 32.2 Å². The zero-order chi connectivity index (χ0) is 18.9. The Balaban J connectivity index is 1.80. The molecule has 3 rings (SSSR count). The van der Waals surface area contributed by atoms with Crippen LogP contribution < -0.4 is 10.9 Å². The Morgan fingerprint density at radius 2 is 1.73 bits per heavy atom. The predicted octanol–water partition coefficient (Wildman–Crippen LogP) is 3.64. The summed E-state index contributed by atoms with van der Waals surface area (Å²) in [7, 11) is 0. The van der Waals surface area contributed by atoms with Gasteiger partial charge in [-0.1, -0.05) is 45.0 Å². The fourth-order valence-corrected chi connectivity index (χ4v) is 2.86. The highest BCUT2D eigenvalue weighted by molar-refractivity contribution is 5.90. The molecule has 5 nitrogen and oxygen atoms in total. The van der Waals surface area contributed by atoms with Crippen LogP contribution in [0.3, 0.4) is 0 Å². The average Bonchev–Trinajstić information content (AvgIpc) is 2.58. The third-order valence-electron chi connectivity index (χ3n) is 4.39. The van der Waals surface area contributed by atoms with Crippen LogP contribution in [0.25, 0.3) is 10.9 Å². The number of fused-ring (bicyclic) bond motifs is 1. The zero-order valence-corrected chi connectivity index (χ0v) is 15.5. The van der Waals surface area contributed by atoms with Gasteiger partial charge in [0.1, 0.15) is 12.4 Å². The highest BCUT2D eigenvalue weighted by Gasteiger charge is 2.14. The number of aryl methyl sites for hydroxylation is 1. The van der Waals surface area contributed by atoms with Gasteiger partial charge in [0, 0.05) is 5.69 Å². The van der Waals surface area contributed by atoms with E-state index in [4.69, 9.17) is 0 Å². The first-order valence-corrected chi connectivity index (χ1v) is 8.62. The van der Waals surface area contributed by atoms with E-state index in [-0.39, 0.29) is 23.4 Å². The van der Waals surface area contributed by atoms with Crippen molar-refractivity contribution in [3.8, 4) is 0 Å². The molecule has 0 unspecified atom stereocenters. The molecule has 0 aliphatic rings. The molecule has 0 fully saturated rings. The van der Waals surface area contributed by atoms with Crippen molar-refractivity contribution in [1.29, 1.82) is 0 Å². The van der Waals surface area contributed by atoms with Gasteiger partial charge in [-0.15, -0.1) is 0 Å². The van der Waals surface area contributed by atoms with Crippen molar-refractivity contribution >= 4 is 22.5 Å². The molecule has 0 bridgehead atoms. The van der Waals surface area contributed by atoms with Crippen molar-refractivity contribution < 1.29 is 4.79 Å². The summed E-state index contributed by atoms with van der Waals surface area (Å²) in [4.78, 5) is 29.5. The van der Waals surface area contributed by atoms with Crippen LogP contribution >= 0.6 is 0 Å². The molecule has 0 aliphatic heterocycles. The standard InChI is InChI=1S/C21H23N3O2/c1-14-22-18-8-6-5-7-17(18)20(26)24(14)13-19(25)23-16-11-9-15(10-12-16)21(2,3)4/h5-12H,13H2,1-4H3,(H,23,25). The molecule has 0 radical (unpaired) electrons. The van der Waals surface area contributed by atoms with E-state index in [1.54, 1.807) is 25.1 Å². The van der Waals surface area contributed by atoms with Gasteiger partial charge >= 0.3 is 0 Å². The van der Waals surface area contributed by atoms with Gasteiger partial charge in [-0.3, -0.25) is 14.2 Å². The smallest absolute Gasteiger partial charge is 0.261 e. The third-order valence-corrected chi connectivity index (χ3v) is 4.39. The van der Waals surface area contributed by atoms with E-state index < -0.39 is 0 Å². The maximum Gasteiger partial charge on any atom is 0.261 e. The van der Waals surface area contributed by atoms with Crippen LogP contribution in [0.4, 0.5) is 5.69 Å². The molecular formula is C21H23N3O2. The van der Waals surface area contributed by atoms with Gasteiger partial charge in [-0.25, -0.2) is 4.98 Å². The van der Waals surface area contributed by atoms with Crippen molar-refractivity contribution in [2.45, 2.75) is 39.7 Å². The minimum absolute atomic E-state index is 0.0593. The van der Waals surface area contributed by atoms with E-state index in [0.29, 0.717) is 22.4 Å². The molecular weight excluding hydrogens is 326 g/mol. The van der Waals surface area contributed by atoms with E-state index >= 15 is 0 Å². The molecule has 5 heteroatoms. The van der Waals surface area contributed by atoms with Gasteiger partial charge in [0.25, 0.3) is 5.56 Å². The summed E-state index contributed by atoms with van der Waals surface area (Å²) < 4.78 is 1.40. The fourth-order valence-electron chi connectivity index (χ4n) is 2.86. The third kappa shape index (κ3) is 3.67. The van der Waals surface area contributed by atoms with Crippen LogP contribution in [-0.4, -0.2) is 15.5 Å². The summed E-state index contributed by atoms with van der Waals surface area (Å²) in [5, 5.41) is 3.36. The summed E-state index contributed by atoms with van der Waals surface area (Å²) >= 11 is 0. The molecule has 3 aromatic rings. The van der Waals surface area contributed by atoms with Gasteiger partial charge in [0.05, 0.1) is 10.9 Å². The van der Waals surface area contributed by atoms with Crippen LogP contribution in [-0.2, 0) is 16.8 Å². The lowest BCUT2D eigenvalue weighted by atomic mass is 9.87. The van der Waals surface area contributed by atoms with Crippen LogP contribution in [0.2, 0.25) is 0 Å². The highest BCUT2D eigenvalue weighted by atomic mass is 16.2. The molecule has 0 atom stereocenters. The second-order valence-electron chi connectivity index (χ2n) is 7.44. The van der Waals surface area contributed by atoms with Crippen molar-refractivity contribution in [1.82, 2.24) is 9.55 Å². The second-order valence-corrected chi connectivity index (χ2v) is 7.44. The maximum absolute atomic E-state index is 12.6. The van der Waals surface area contributed by atoms with Gasteiger partial charge in [-0.2, -0.15) is 0 Å². The molecule has 1 heterocycles. The summed E-state index contributed by atoms with van der Waals surface area (Å²) in [5.74, 6) is 0.266. The lowest BCUT2D eigenvalue weighted by Gasteiger charge is -2.19. The van der Waals surface area contributed by atoms with Crippen LogP contribution in [0.5, 0.6) is 0 Å². The number of nitrogens with one attached hydrogen (secondary N) is 1. The van der Waals surface area contributed by atoms with E-state index in [1.165, 1.54) is 10.1 Å². The van der Waals surface area contributed by atoms with E-state index in [2.05, 4.69) is 31.1 Å². The minimum Gasteiger partial charge on any atom is -0.325 e. The maximum atomic E-state index is 12.6. The van der Waals surface area contributed by atoms with Crippen molar-refractivity contribution in [3.63, 3.8) is 0 Å². The summed E-state index contributed by atoms with van der Waals surface area (Å²) in [6, 6.07) is 14.9. The summed E-state index contributed by atoms with van der Waals surface area (Å²) in [6.45, 7) is 8.09. The second kappa shape index (κ2) is 6.75. The number of carbonyl (C=O) groups excluding carboxylic acids is 1. The Kier molecular flexibility index (Phi) is 4.64. The number of para-hydroxylation sites is 1. The molecule has 0 saturated heterocycles. The molecule has 26 heavy (non-hydrogen) atoms. The van der Waals surface area contributed by atoms with Crippen molar-refractivity contribution in [3.05, 3.63) is 70.3 Å². The molecule has 1 amide bonds. The van der Waals surface area contributed by atoms with E-state index in [1.807, 2.05) is 30.3 Å². The van der Waals surface area contributed by atoms with Gasteiger partial charge in [0.15, 0.2) is 0 Å². The number of benzene rings is 2. The number of anilines is 1. The van der Waals surface area contributed by atoms with Gasteiger partial charge < -0.3 is 5.32 Å². The molecule has 0 saturated carbocycles. The normalized spacial score (nSPS) is 11.5. The Morgan fingerprint density at radius 1 is 1.08 bits per heavy atom. The Labute approximate surface area is 152 Å². The van der Waals surface area contributed by atoms with Crippen molar-refractivity contribution in [2.75, 3.05) is 5.32 Å². The first-order valence-electron chi connectivity index (χ1n) is 8.62. The van der Waals surface area contributed by atoms with Crippen molar-refractivity contribution in [2.24, 2.45) is 0 Å². The Bertz CT molecular complexity index is 1010. The zero-order valence-electron chi connectivity index (χ0n) is 15.5. The predicted molar refractivity (Wildman–Crippen MR) is 105 cm³/mol. The number of aromatic nitrogens is 2. The molecule has 1 aromatic heterocycles. The first kappa shape index (κ1) is 17.9. The first-order chi connectivity index (χ1) is 12.3. The summed E-state index contributed by atoms with van der Waals surface area (Å²) in [5.41, 5.74) is 2.41. The van der Waals surface area contributed by atoms with Gasteiger partial charge in [0.2, 0.25) is 5.91 Å². The molecule has 134 valence electrons. The number of carbonyl (C=O) groups is 1. The minimum atomic E-state index is -0.254. The Hall–Kier alpha value is -2.95. The number of rotatable bonds is 3. The topological polar surface area (TPSA) is 64.0 Å². The highest BCUT2D eigenvalue weighted by Crippen LogP contribution is 2.23. The molecule has 0 aliphatic carbocycles. The average molecular weight is 349 g/mol. The van der Waals surface area contributed by atoms with Gasteiger partial charge in [-0.05, 0) is 42.2 Å². The number of hydrogen-bond acceptors (Lipinski definition) is 3. The quantitative estimate of drug-likeness (QED) is 0.785. The van der Waals surface area contributed by atoms with E-state index in [0.717, 1.165) is 0 Å². The molecule has 0 spiro atoms. The van der Waals surface area contributed by atoms with Crippen LogP contribution in [0, 0.1) is 6.92 Å². The molecule has 2 aromatic carbocycles. The number of hydrogen-bond donors (Lipinski definition) is 1. The number of nitrogens with zero attached hydrogens (tertiary/aromatic N) is 2. The Morgan fingerprint density at radius 3 is 2.38 bits per heavy atom. The number of amides is 1. The fraction of sp³-hybridized carbons (Fsp3) is 0.286. The lowest BCUT2D eigenvalue weighted by molar-refractivity contribution is -0.116. The summed E-state index contributed by atoms with van der Waals surface area (Å²) in [6.07, 6.45) is 0. The SMILES string of the molecule is Cc1nc2ccccc2c(=O)n1CC(=O)Nc1ccc(C(C)(C)C)cc1. The van der Waals surface area contributed by atoms with Crippen LogP contribution in [0.15, 0.2) is 53.3 Å².